The minimum Gasteiger partial charge on any atom is -0.324 e. The second-order valence-electron chi connectivity index (χ2n) is 4.20. The Morgan fingerprint density at radius 3 is 2.88 bits per heavy atom. The highest BCUT2D eigenvalue weighted by molar-refractivity contribution is 6.30. The number of nitrogens with zero attached hydrogens (tertiary/aromatic N) is 3. The maximum absolute atomic E-state index is 6.17. The van der Waals surface area contributed by atoms with Crippen LogP contribution < -0.4 is 5.73 Å². The summed E-state index contributed by atoms with van der Waals surface area (Å²) in [6.07, 6.45) is 2.54. The van der Waals surface area contributed by atoms with Crippen LogP contribution in [-0.4, -0.2) is 15.0 Å². The van der Waals surface area contributed by atoms with Crippen molar-refractivity contribution in [2.45, 2.75) is 19.4 Å². The van der Waals surface area contributed by atoms with E-state index >= 15 is 0 Å². The fraction of sp³-hybridized carbons (Fsp3) is 0.333. The maximum Gasteiger partial charge on any atom is 0.0845 e. The minimum absolute atomic E-state index is 0.106. The minimum atomic E-state index is -0.106. The lowest BCUT2D eigenvalue weighted by molar-refractivity contribution is 0.691. The van der Waals surface area contributed by atoms with Gasteiger partial charge in [0.1, 0.15) is 0 Å². The van der Waals surface area contributed by atoms with E-state index in [0.29, 0.717) is 11.4 Å². The molecule has 0 aliphatic rings. The van der Waals surface area contributed by atoms with Gasteiger partial charge in [-0.1, -0.05) is 22.9 Å². The monoisotopic (exact) mass is 250 g/mol. The summed E-state index contributed by atoms with van der Waals surface area (Å²) in [5.41, 5.74) is 9.26. The quantitative estimate of drug-likeness (QED) is 0.907. The summed E-state index contributed by atoms with van der Waals surface area (Å²) in [6.45, 7) is 2.03. The molecule has 1 heterocycles. The number of aromatic nitrogens is 3. The van der Waals surface area contributed by atoms with Gasteiger partial charge in [0.15, 0.2) is 0 Å². The van der Waals surface area contributed by atoms with E-state index in [4.69, 9.17) is 17.3 Å². The molecule has 1 aromatic heterocycles. The normalized spacial score (nSPS) is 12.7. The summed E-state index contributed by atoms with van der Waals surface area (Å²) in [5.74, 6) is 0. The van der Waals surface area contributed by atoms with Crippen LogP contribution >= 0.6 is 11.6 Å². The van der Waals surface area contributed by atoms with Crippen molar-refractivity contribution in [3.8, 4) is 0 Å². The Morgan fingerprint density at radius 2 is 2.24 bits per heavy atom. The Kier molecular flexibility index (Phi) is 3.45. The topological polar surface area (TPSA) is 56.7 Å². The fourth-order valence-corrected chi connectivity index (χ4v) is 2.02. The van der Waals surface area contributed by atoms with Crippen LogP contribution in [0.25, 0.3) is 0 Å². The SMILES string of the molecule is Cc1ccc(Cl)cc1C(N)Cc1cn(C)nn1. The van der Waals surface area contributed by atoms with Crippen LogP contribution in [0.5, 0.6) is 0 Å². The molecule has 4 nitrogen and oxygen atoms in total. The maximum atomic E-state index is 6.17. The summed E-state index contributed by atoms with van der Waals surface area (Å²) < 4.78 is 1.67. The number of hydrogen-bond donors (Lipinski definition) is 1. The van der Waals surface area contributed by atoms with Crippen LogP contribution in [0.1, 0.15) is 22.9 Å². The van der Waals surface area contributed by atoms with Crippen LogP contribution in [0.3, 0.4) is 0 Å². The molecular formula is C12H15ClN4. The molecule has 5 heteroatoms. The molecule has 0 saturated heterocycles. The van der Waals surface area contributed by atoms with Gasteiger partial charge in [0.05, 0.1) is 5.69 Å². The lowest BCUT2D eigenvalue weighted by Gasteiger charge is -2.13. The molecule has 2 aromatic rings. The molecule has 1 atom stereocenters. The van der Waals surface area contributed by atoms with Crippen LogP contribution in [-0.2, 0) is 13.5 Å². The van der Waals surface area contributed by atoms with E-state index in [0.717, 1.165) is 16.8 Å². The number of halogens is 1. The predicted octanol–water partition coefficient (Wildman–Crippen LogP) is 2.02. The molecule has 17 heavy (non-hydrogen) atoms. The first-order valence-electron chi connectivity index (χ1n) is 5.43. The van der Waals surface area contributed by atoms with E-state index in [2.05, 4.69) is 10.3 Å². The molecule has 2 rings (SSSR count). The average molecular weight is 251 g/mol. The van der Waals surface area contributed by atoms with Gasteiger partial charge in [-0.3, -0.25) is 4.68 Å². The smallest absolute Gasteiger partial charge is 0.0845 e. The molecule has 0 fully saturated rings. The highest BCUT2D eigenvalue weighted by Crippen LogP contribution is 2.22. The van der Waals surface area contributed by atoms with Gasteiger partial charge in [0.2, 0.25) is 0 Å². The fourth-order valence-electron chi connectivity index (χ4n) is 1.83. The third-order valence-corrected chi connectivity index (χ3v) is 2.96. The molecule has 0 bridgehead atoms. The van der Waals surface area contributed by atoms with Gasteiger partial charge in [-0.05, 0) is 30.2 Å². The molecule has 90 valence electrons. The lowest BCUT2D eigenvalue weighted by Crippen LogP contribution is -2.15. The molecule has 0 radical (unpaired) electrons. The zero-order valence-electron chi connectivity index (χ0n) is 9.89. The van der Waals surface area contributed by atoms with Crippen LogP contribution in [0.15, 0.2) is 24.4 Å². The first kappa shape index (κ1) is 12.1. The first-order valence-corrected chi connectivity index (χ1v) is 5.81. The van der Waals surface area contributed by atoms with Crippen molar-refractivity contribution >= 4 is 11.6 Å². The molecule has 1 aromatic carbocycles. The number of hydrogen-bond acceptors (Lipinski definition) is 3. The zero-order chi connectivity index (χ0) is 12.4. The number of nitrogens with two attached hydrogens (primary N) is 1. The second-order valence-corrected chi connectivity index (χ2v) is 4.63. The molecule has 1 unspecified atom stereocenters. The van der Waals surface area contributed by atoms with Crippen molar-refractivity contribution < 1.29 is 0 Å². The van der Waals surface area contributed by atoms with Crippen LogP contribution in [0.4, 0.5) is 0 Å². The van der Waals surface area contributed by atoms with E-state index in [-0.39, 0.29) is 6.04 Å². The van der Waals surface area contributed by atoms with Crippen LogP contribution in [0.2, 0.25) is 5.02 Å². The Labute approximate surface area is 105 Å². The van der Waals surface area contributed by atoms with E-state index < -0.39 is 0 Å². The number of rotatable bonds is 3. The Bertz CT molecular complexity index is 521. The summed E-state index contributed by atoms with van der Waals surface area (Å²) in [6, 6.07) is 5.66. The van der Waals surface area contributed by atoms with Gasteiger partial charge in [0, 0.05) is 30.7 Å². The van der Waals surface area contributed by atoms with Gasteiger partial charge in [-0.2, -0.15) is 0 Å². The van der Waals surface area contributed by atoms with Crippen molar-refractivity contribution in [3.63, 3.8) is 0 Å². The molecule has 2 N–H and O–H groups in total. The Hall–Kier alpha value is -1.39. The highest BCUT2D eigenvalue weighted by atomic mass is 35.5. The molecule has 0 amide bonds. The predicted molar refractivity (Wildman–Crippen MR) is 67.8 cm³/mol. The third-order valence-electron chi connectivity index (χ3n) is 2.72. The largest absolute Gasteiger partial charge is 0.324 e. The molecule has 0 aliphatic heterocycles. The Balaban J connectivity index is 2.19. The van der Waals surface area contributed by atoms with Gasteiger partial charge >= 0.3 is 0 Å². The molecule has 0 spiro atoms. The first-order chi connectivity index (χ1) is 8.06. The third kappa shape index (κ3) is 2.84. The molecule has 0 aliphatic carbocycles. The van der Waals surface area contributed by atoms with Gasteiger partial charge in [-0.15, -0.1) is 5.10 Å². The van der Waals surface area contributed by atoms with Gasteiger partial charge < -0.3 is 5.73 Å². The van der Waals surface area contributed by atoms with E-state index in [9.17, 15) is 0 Å². The second kappa shape index (κ2) is 4.85. The van der Waals surface area contributed by atoms with Crippen LogP contribution in [0, 0.1) is 6.92 Å². The average Bonchev–Trinajstić information content (AvgIpc) is 2.67. The van der Waals surface area contributed by atoms with Crippen molar-refractivity contribution in [2.75, 3.05) is 0 Å². The number of aryl methyl sites for hydroxylation is 2. The highest BCUT2D eigenvalue weighted by Gasteiger charge is 2.12. The summed E-state index contributed by atoms with van der Waals surface area (Å²) >= 11 is 5.98. The van der Waals surface area contributed by atoms with Gasteiger partial charge in [0.25, 0.3) is 0 Å². The Morgan fingerprint density at radius 1 is 1.47 bits per heavy atom. The summed E-state index contributed by atoms with van der Waals surface area (Å²) in [4.78, 5) is 0. The van der Waals surface area contributed by atoms with E-state index in [1.807, 2.05) is 38.4 Å². The standard InChI is InChI=1S/C12H15ClN4/c1-8-3-4-9(13)5-11(8)12(14)6-10-7-17(2)16-15-10/h3-5,7,12H,6,14H2,1-2H3. The van der Waals surface area contributed by atoms with Crippen molar-refractivity contribution in [1.29, 1.82) is 0 Å². The van der Waals surface area contributed by atoms with Gasteiger partial charge in [-0.25, -0.2) is 0 Å². The molecule has 0 saturated carbocycles. The van der Waals surface area contributed by atoms with E-state index in [1.165, 1.54) is 0 Å². The number of benzene rings is 1. The molecular weight excluding hydrogens is 236 g/mol. The van der Waals surface area contributed by atoms with Crippen molar-refractivity contribution in [1.82, 2.24) is 15.0 Å². The van der Waals surface area contributed by atoms with E-state index in [1.54, 1.807) is 4.68 Å². The van der Waals surface area contributed by atoms with Crippen molar-refractivity contribution in [3.05, 3.63) is 46.2 Å². The lowest BCUT2D eigenvalue weighted by atomic mass is 9.98. The van der Waals surface area contributed by atoms with Crippen molar-refractivity contribution in [2.24, 2.45) is 12.8 Å². The zero-order valence-corrected chi connectivity index (χ0v) is 10.6. The summed E-state index contributed by atoms with van der Waals surface area (Å²) in [5, 5.41) is 8.63. The summed E-state index contributed by atoms with van der Waals surface area (Å²) in [7, 11) is 1.84.